The number of hydrogen-bond donors (Lipinski definition) is 1. The fraction of sp³-hybridized carbons (Fsp3) is 0.0833. The van der Waals surface area contributed by atoms with Crippen molar-refractivity contribution in [1.29, 1.82) is 5.26 Å². The molecule has 0 bridgehead atoms. The highest BCUT2D eigenvalue weighted by atomic mass is 16.6. The monoisotopic (exact) mass is 272 g/mol. The smallest absolute Gasteiger partial charge is 0.273 e. The van der Waals surface area contributed by atoms with Gasteiger partial charge in [0.05, 0.1) is 4.92 Å². The highest BCUT2D eigenvalue weighted by Gasteiger charge is 2.17. The first-order chi connectivity index (χ1) is 9.43. The molecule has 2 rings (SSSR count). The molecular formula is C12H8N4O4. The second-order valence-corrected chi connectivity index (χ2v) is 4.03. The van der Waals surface area contributed by atoms with E-state index in [1.807, 2.05) is 4.98 Å². The first-order valence-corrected chi connectivity index (χ1v) is 5.45. The highest BCUT2D eigenvalue weighted by Crippen LogP contribution is 2.22. The van der Waals surface area contributed by atoms with E-state index >= 15 is 0 Å². The van der Waals surface area contributed by atoms with Gasteiger partial charge >= 0.3 is 5.69 Å². The van der Waals surface area contributed by atoms with Crippen LogP contribution >= 0.6 is 0 Å². The van der Waals surface area contributed by atoms with Crippen LogP contribution in [0, 0.1) is 28.4 Å². The van der Waals surface area contributed by atoms with E-state index in [0.717, 1.165) is 10.8 Å². The SMILES string of the molecule is Cc1ccc([N+](=O)[O-])c(-n2cc(C#N)c(=O)[nH]c2=O)c1. The number of rotatable bonds is 2. The first-order valence-electron chi connectivity index (χ1n) is 5.45. The molecule has 1 aromatic heterocycles. The lowest BCUT2D eigenvalue weighted by Crippen LogP contribution is -2.30. The quantitative estimate of drug-likeness (QED) is 0.634. The van der Waals surface area contributed by atoms with Crippen molar-refractivity contribution in [2.24, 2.45) is 0 Å². The van der Waals surface area contributed by atoms with E-state index in [0.29, 0.717) is 5.56 Å². The zero-order valence-corrected chi connectivity index (χ0v) is 10.3. The van der Waals surface area contributed by atoms with Crippen molar-refractivity contribution in [2.75, 3.05) is 0 Å². The molecule has 0 aliphatic rings. The van der Waals surface area contributed by atoms with Gasteiger partial charge in [0.1, 0.15) is 17.3 Å². The molecule has 0 amide bonds. The fourth-order valence-electron chi connectivity index (χ4n) is 1.71. The van der Waals surface area contributed by atoms with E-state index < -0.39 is 16.2 Å². The van der Waals surface area contributed by atoms with Gasteiger partial charge in [0, 0.05) is 12.3 Å². The topological polar surface area (TPSA) is 122 Å². The van der Waals surface area contributed by atoms with Crippen molar-refractivity contribution in [2.45, 2.75) is 6.92 Å². The number of nitrogens with one attached hydrogen (secondary N) is 1. The van der Waals surface area contributed by atoms with Gasteiger partial charge < -0.3 is 0 Å². The minimum absolute atomic E-state index is 0.00671. The summed E-state index contributed by atoms with van der Waals surface area (Å²) in [5.41, 5.74) is -1.59. The predicted molar refractivity (Wildman–Crippen MR) is 68.8 cm³/mol. The molecule has 8 nitrogen and oxygen atoms in total. The van der Waals surface area contributed by atoms with Gasteiger partial charge in [-0.2, -0.15) is 5.26 Å². The molecule has 0 fully saturated rings. The Morgan fingerprint density at radius 3 is 2.70 bits per heavy atom. The molecule has 1 aromatic carbocycles. The lowest BCUT2D eigenvalue weighted by molar-refractivity contribution is -0.384. The van der Waals surface area contributed by atoms with E-state index in [-0.39, 0.29) is 16.9 Å². The summed E-state index contributed by atoms with van der Waals surface area (Å²) in [7, 11) is 0. The Morgan fingerprint density at radius 1 is 1.40 bits per heavy atom. The molecule has 0 atom stereocenters. The summed E-state index contributed by atoms with van der Waals surface area (Å²) in [6, 6.07) is 5.84. The predicted octanol–water partition coefficient (Wildman–Crippen LogP) is 0.614. The number of H-pyrrole nitrogens is 1. The molecule has 0 saturated carbocycles. The number of aromatic nitrogens is 2. The van der Waals surface area contributed by atoms with E-state index in [9.17, 15) is 19.7 Å². The van der Waals surface area contributed by atoms with Gasteiger partial charge in [-0.1, -0.05) is 6.07 Å². The average Bonchev–Trinajstić information content (AvgIpc) is 2.38. The summed E-state index contributed by atoms with van der Waals surface area (Å²) in [5, 5.41) is 19.8. The summed E-state index contributed by atoms with van der Waals surface area (Å²) in [6.45, 7) is 1.70. The number of nitriles is 1. The van der Waals surface area contributed by atoms with Crippen LogP contribution in [0.4, 0.5) is 5.69 Å². The highest BCUT2D eigenvalue weighted by molar-refractivity contribution is 5.54. The van der Waals surface area contributed by atoms with Crippen molar-refractivity contribution in [3.05, 3.63) is 66.5 Å². The van der Waals surface area contributed by atoms with E-state index in [4.69, 9.17) is 5.26 Å². The van der Waals surface area contributed by atoms with Gasteiger partial charge in [0.15, 0.2) is 0 Å². The standard InChI is InChI=1S/C12H8N4O4/c1-7-2-3-9(16(19)20)10(4-7)15-6-8(5-13)11(17)14-12(15)18/h2-4,6H,1H3,(H,14,17,18). The van der Waals surface area contributed by atoms with Gasteiger partial charge in [-0.05, 0) is 18.6 Å². The molecular weight excluding hydrogens is 264 g/mol. The van der Waals surface area contributed by atoms with Crippen molar-refractivity contribution >= 4 is 5.69 Å². The van der Waals surface area contributed by atoms with Crippen LogP contribution in [0.15, 0.2) is 34.0 Å². The van der Waals surface area contributed by atoms with Crippen molar-refractivity contribution in [3.63, 3.8) is 0 Å². The number of aromatic amines is 1. The Hall–Kier alpha value is -3.21. The molecule has 2 aromatic rings. The summed E-state index contributed by atoms with van der Waals surface area (Å²) < 4.78 is 0.880. The van der Waals surface area contributed by atoms with Crippen LogP contribution in [-0.2, 0) is 0 Å². The van der Waals surface area contributed by atoms with Crippen LogP contribution in [0.5, 0.6) is 0 Å². The molecule has 0 radical (unpaired) electrons. The molecule has 0 aliphatic heterocycles. The number of nitrogens with zero attached hydrogens (tertiary/aromatic N) is 3. The molecule has 0 saturated heterocycles. The molecule has 0 unspecified atom stereocenters. The Kier molecular flexibility index (Phi) is 3.18. The third-order valence-corrected chi connectivity index (χ3v) is 2.65. The van der Waals surface area contributed by atoms with Crippen LogP contribution in [0.25, 0.3) is 5.69 Å². The van der Waals surface area contributed by atoms with Crippen LogP contribution in [0.2, 0.25) is 0 Å². The number of aryl methyl sites for hydroxylation is 1. The van der Waals surface area contributed by atoms with Gasteiger partial charge in [0.25, 0.3) is 11.2 Å². The van der Waals surface area contributed by atoms with Crippen molar-refractivity contribution in [3.8, 4) is 11.8 Å². The minimum Gasteiger partial charge on any atom is -0.273 e. The van der Waals surface area contributed by atoms with Crippen molar-refractivity contribution in [1.82, 2.24) is 9.55 Å². The zero-order chi connectivity index (χ0) is 14.9. The average molecular weight is 272 g/mol. The third kappa shape index (κ3) is 2.20. The normalized spacial score (nSPS) is 10.0. The molecule has 8 heteroatoms. The number of nitro benzene ring substituents is 1. The Balaban J connectivity index is 2.85. The summed E-state index contributed by atoms with van der Waals surface area (Å²) in [4.78, 5) is 35.4. The van der Waals surface area contributed by atoms with Gasteiger partial charge in [-0.15, -0.1) is 0 Å². The molecule has 1 N–H and O–H groups in total. The van der Waals surface area contributed by atoms with Crippen LogP contribution in [0.1, 0.15) is 11.1 Å². The number of benzene rings is 1. The lowest BCUT2D eigenvalue weighted by atomic mass is 10.2. The summed E-state index contributed by atoms with van der Waals surface area (Å²) >= 11 is 0. The number of hydrogen-bond acceptors (Lipinski definition) is 5. The van der Waals surface area contributed by atoms with E-state index in [2.05, 4.69) is 0 Å². The molecule has 100 valence electrons. The van der Waals surface area contributed by atoms with E-state index in [1.54, 1.807) is 13.0 Å². The summed E-state index contributed by atoms with van der Waals surface area (Å²) in [5.74, 6) is 0. The maximum Gasteiger partial charge on any atom is 0.333 e. The second kappa shape index (κ2) is 4.81. The molecule has 0 aliphatic carbocycles. The van der Waals surface area contributed by atoms with Gasteiger partial charge in [0.2, 0.25) is 0 Å². The Bertz CT molecular complexity index is 857. The largest absolute Gasteiger partial charge is 0.333 e. The molecule has 1 heterocycles. The maximum absolute atomic E-state index is 11.8. The number of nitro groups is 1. The molecule has 0 spiro atoms. The Morgan fingerprint density at radius 2 is 2.10 bits per heavy atom. The van der Waals surface area contributed by atoms with Crippen LogP contribution in [-0.4, -0.2) is 14.5 Å². The Labute approximate surface area is 111 Å². The van der Waals surface area contributed by atoms with Gasteiger partial charge in [-0.3, -0.25) is 24.5 Å². The third-order valence-electron chi connectivity index (χ3n) is 2.65. The van der Waals surface area contributed by atoms with Crippen LogP contribution in [0.3, 0.4) is 0 Å². The fourth-order valence-corrected chi connectivity index (χ4v) is 1.71. The van der Waals surface area contributed by atoms with Crippen molar-refractivity contribution < 1.29 is 4.92 Å². The van der Waals surface area contributed by atoms with Crippen LogP contribution < -0.4 is 11.2 Å². The first kappa shape index (κ1) is 13.2. The lowest BCUT2D eigenvalue weighted by Gasteiger charge is -2.07. The second-order valence-electron chi connectivity index (χ2n) is 4.03. The maximum atomic E-state index is 11.8. The zero-order valence-electron chi connectivity index (χ0n) is 10.3. The molecule has 20 heavy (non-hydrogen) atoms. The van der Waals surface area contributed by atoms with E-state index in [1.165, 1.54) is 18.2 Å². The minimum atomic E-state index is -0.845. The van der Waals surface area contributed by atoms with Gasteiger partial charge in [-0.25, -0.2) is 4.79 Å². The summed E-state index contributed by atoms with van der Waals surface area (Å²) in [6.07, 6.45) is 0.989.